The van der Waals surface area contributed by atoms with Crippen LogP contribution in [0.15, 0.2) is 36.5 Å². The lowest BCUT2D eigenvalue weighted by atomic mass is 10.2. The first-order valence-corrected chi connectivity index (χ1v) is 8.48. The summed E-state index contributed by atoms with van der Waals surface area (Å²) in [6, 6.07) is 10.0. The Labute approximate surface area is 148 Å². The first kappa shape index (κ1) is 17.2. The number of carbonyl (C=O) groups excluding carboxylic acids is 1. The third-order valence-corrected chi connectivity index (χ3v) is 4.52. The van der Waals surface area contributed by atoms with Crippen LogP contribution in [0, 0.1) is 0 Å². The van der Waals surface area contributed by atoms with Gasteiger partial charge in [-0.15, -0.1) is 0 Å². The normalized spacial score (nSPS) is 13.4. The first-order valence-electron chi connectivity index (χ1n) is 8.48. The summed E-state index contributed by atoms with van der Waals surface area (Å²) in [5, 5.41) is 3.02. The number of urea groups is 1. The lowest BCUT2D eigenvalue weighted by Gasteiger charge is -2.23. The van der Waals surface area contributed by atoms with Crippen molar-refractivity contribution in [3.63, 3.8) is 0 Å². The van der Waals surface area contributed by atoms with Crippen molar-refractivity contribution in [3.05, 3.63) is 47.8 Å². The number of aromatic nitrogens is 1. The lowest BCUT2D eigenvalue weighted by molar-refractivity contribution is 0.190. The number of amides is 2. The van der Waals surface area contributed by atoms with Gasteiger partial charge >= 0.3 is 6.03 Å². The van der Waals surface area contributed by atoms with Gasteiger partial charge in [0, 0.05) is 31.5 Å². The van der Waals surface area contributed by atoms with Crippen LogP contribution < -0.4 is 14.8 Å². The van der Waals surface area contributed by atoms with E-state index in [9.17, 15) is 4.79 Å². The Bertz CT molecular complexity index is 737. The molecule has 1 aliphatic carbocycles. The molecule has 1 aliphatic rings. The van der Waals surface area contributed by atoms with Crippen molar-refractivity contribution in [1.29, 1.82) is 0 Å². The van der Waals surface area contributed by atoms with Crippen molar-refractivity contribution >= 4 is 6.03 Å². The molecule has 1 aromatic heterocycles. The maximum atomic E-state index is 12.7. The smallest absolute Gasteiger partial charge is 0.318 e. The zero-order chi connectivity index (χ0) is 17.8. The van der Waals surface area contributed by atoms with E-state index in [0.717, 1.165) is 24.1 Å². The molecule has 1 aromatic carbocycles. The molecule has 0 aliphatic heterocycles. The highest BCUT2D eigenvalue weighted by molar-refractivity contribution is 5.75. The number of aryl methyl sites for hydroxylation is 1. The van der Waals surface area contributed by atoms with Gasteiger partial charge in [0.15, 0.2) is 11.5 Å². The van der Waals surface area contributed by atoms with E-state index in [2.05, 4.69) is 16.0 Å². The summed E-state index contributed by atoms with van der Waals surface area (Å²) in [6.45, 7) is 1.08. The molecule has 1 saturated carbocycles. The molecule has 25 heavy (non-hydrogen) atoms. The van der Waals surface area contributed by atoms with E-state index < -0.39 is 0 Å². The second-order valence-electron chi connectivity index (χ2n) is 6.32. The minimum atomic E-state index is -0.0292. The highest BCUT2D eigenvalue weighted by Crippen LogP contribution is 2.29. The molecule has 0 atom stereocenters. The monoisotopic (exact) mass is 343 g/mol. The molecule has 2 aromatic rings. The SMILES string of the molecule is COc1ccc(CNC(=O)N(Cc2cccn2C)C2CC2)cc1OC. The van der Waals surface area contributed by atoms with E-state index in [-0.39, 0.29) is 6.03 Å². The Morgan fingerprint density at radius 1 is 1.24 bits per heavy atom. The lowest BCUT2D eigenvalue weighted by Crippen LogP contribution is -2.40. The van der Waals surface area contributed by atoms with Crippen LogP contribution >= 0.6 is 0 Å². The van der Waals surface area contributed by atoms with Gasteiger partial charge in [-0.1, -0.05) is 6.07 Å². The average molecular weight is 343 g/mol. The Kier molecular flexibility index (Phi) is 5.16. The summed E-state index contributed by atoms with van der Waals surface area (Å²) < 4.78 is 12.6. The van der Waals surface area contributed by atoms with E-state index in [4.69, 9.17) is 9.47 Å². The second kappa shape index (κ2) is 7.51. The second-order valence-corrected chi connectivity index (χ2v) is 6.32. The number of nitrogens with one attached hydrogen (secondary N) is 1. The van der Waals surface area contributed by atoms with Crippen LogP contribution in [0.2, 0.25) is 0 Å². The number of nitrogens with zero attached hydrogens (tertiary/aromatic N) is 2. The highest BCUT2D eigenvalue weighted by Gasteiger charge is 2.32. The van der Waals surface area contributed by atoms with Gasteiger partial charge in [0.05, 0.1) is 20.8 Å². The molecule has 0 radical (unpaired) electrons. The van der Waals surface area contributed by atoms with Crippen LogP contribution in [0.25, 0.3) is 0 Å². The van der Waals surface area contributed by atoms with Crippen molar-refractivity contribution in [2.75, 3.05) is 14.2 Å². The molecule has 1 fully saturated rings. The number of ether oxygens (including phenoxy) is 2. The van der Waals surface area contributed by atoms with Crippen molar-refractivity contribution < 1.29 is 14.3 Å². The van der Waals surface area contributed by atoms with Crippen LogP contribution in [-0.2, 0) is 20.1 Å². The predicted molar refractivity (Wildman–Crippen MR) is 95.8 cm³/mol. The number of rotatable bonds is 7. The van der Waals surface area contributed by atoms with Gasteiger partial charge in [-0.3, -0.25) is 0 Å². The van der Waals surface area contributed by atoms with E-state index >= 15 is 0 Å². The van der Waals surface area contributed by atoms with Crippen LogP contribution in [0.5, 0.6) is 11.5 Å². The summed E-state index contributed by atoms with van der Waals surface area (Å²) >= 11 is 0. The van der Waals surface area contributed by atoms with Crippen molar-refractivity contribution in [2.45, 2.75) is 32.0 Å². The molecule has 6 nitrogen and oxygen atoms in total. The molecule has 6 heteroatoms. The largest absolute Gasteiger partial charge is 0.493 e. The molecule has 0 saturated heterocycles. The molecule has 0 spiro atoms. The Hall–Kier alpha value is -2.63. The van der Waals surface area contributed by atoms with Crippen molar-refractivity contribution in [1.82, 2.24) is 14.8 Å². The zero-order valence-electron chi connectivity index (χ0n) is 15.0. The number of carbonyl (C=O) groups is 1. The molecule has 0 unspecified atom stereocenters. The maximum absolute atomic E-state index is 12.7. The molecular weight excluding hydrogens is 318 g/mol. The topological polar surface area (TPSA) is 55.7 Å². The third kappa shape index (κ3) is 4.07. The first-order chi connectivity index (χ1) is 12.1. The van der Waals surface area contributed by atoms with Crippen LogP contribution in [-0.4, -0.2) is 35.8 Å². The highest BCUT2D eigenvalue weighted by atomic mass is 16.5. The fraction of sp³-hybridized carbons (Fsp3) is 0.421. The maximum Gasteiger partial charge on any atom is 0.318 e. The van der Waals surface area contributed by atoms with Gasteiger partial charge in [0.2, 0.25) is 0 Å². The molecule has 2 amide bonds. The molecule has 1 N–H and O–H groups in total. The predicted octanol–water partition coefficient (Wildman–Crippen LogP) is 2.92. The van der Waals surface area contributed by atoms with Gasteiger partial charge in [-0.05, 0) is 42.7 Å². The van der Waals surface area contributed by atoms with Crippen molar-refractivity contribution in [3.8, 4) is 11.5 Å². The van der Waals surface area contributed by atoms with E-state index in [1.165, 1.54) is 0 Å². The summed E-state index contributed by atoms with van der Waals surface area (Å²) in [6.07, 6.45) is 4.16. The number of hydrogen-bond acceptors (Lipinski definition) is 3. The summed E-state index contributed by atoms with van der Waals surface area (Å²) in [5.41, 5.74) is 2.11. The molecule has 3 rings (SSSR count). The van der Waals surface area contributed by atoms with Crippen molar-refractivity contribution in [2.24, 2.45) is 7.05 Å². The minimum absolute atomic E-state index is 0.0292. The third-order valence-electron chi connectivity index (χ3n) is 4.52. The number of methoxy groups -OCH3 is 2. The zero-order valence-corrected chi connectivity index (χ0v) is 15.0. The standard InChI is InChI=1S/C19H25N3O3/c1-21-10-4-5-16(21)13-22(15-7-8-15)19(23)20-12-14-6-9-17(24-2)18(11-14)25-3/h4-6,9-11,15H,7-8,12-13H2,1-3H3,(H,20,23). The number of benzene rings is 1. The molecular formula is C19H25N3O3. The van der Waals surface area contributed by atoms with E-state index in [0.29, 0.717) is 30.6 Å². The number of hydrogen-bond donors (Lipinski definition) is 1. The minimum Gasteiger partial charge on any atom is -0.493 e. The average Bonchev–Trinajstić information content (AvgIpc) is 3.39. The fourth-order valence-corrected chi connectivity index (χ4v) is 2.86. The van der Waals surface area contributed by atoms with Gasteiger partial charge in [-0.25, -0.2) is 4.79 Å². The molecule has 1 heterocycles. The fourth-order valence-electron chi connectivity index (χ4n) is 2.86. The Morgan fingerprint density at radius 3 is 2.60 bits per heavy atom. The molecule has 0 bridgehead atoms. The molecule has 134 valence electrons. The van der Waals surface area contributed by atoms with Crippen LogP contribution in [0.4, 0.5) is 4.79 Å². The Balaban J connectivity index is 1.63. The quantitative estimate of drug-likeness (QED) is 0.841. The van der Waals surface area contributed by atoms with E-state index in [1.54, 1.807) is 14.2 Å². The summed E-state index contributed by atoms with van der Waals surface area (Å²) in [4.78, 5) is 14.6. The van der Waals surface area contributed by atoms with Gasteiger partial charge in [0.1, 0.15) is 0 Å². The summed E-state index contributed by atoms with van der Waals surface area (Å²) in [5.74, 6) is 1.35. The van der Waals surface area contributed by atoms with Crippen LogP contribution in [0.3, 0.4) is 0 Å². The Morgan fingerprint density at radius 2 is 2.00 bits per heavy atom. The van der Waals surface area contributed by atoms with Gasteiger partial charge < -0.3 is 24.3 Å². The van der Waals surface area contributed by atoms with E-state index in [1.807, 2.05) is 42.4 Å². The summed E-state index contributed by atoms with van der Waals surface area (Å²) in [7, 11) is 5.22. The van der Waals surface area contributed by atoms with Crippen LogP contribution in [0.1, 0.15) is 24.1 Å². The van der Waals surface area contributed by atoms with Gasteiger partial charge in [0.25, 0.3) is 0 Å². The van der Waals surface area contributed by atoms with Gasteiger partial charge in [-0.2, -0.15) is 0 Å².